The molecule has 21 heavy (non-hydrogen) atoms. The number of nitrogens with one attached hydrogen (secondary N) is 1. The average Bonchev–Trinajstić information content (AvgIpc) is 3.17. The van der Waals surface area contributed by atoms with Crippen molar-refractivity contribution in [1.82, 2.24) is 19.9 Å². The first-order valence-corrected chi connectivity index (χ1v) is 7.09. The molecular weight excluding hydrogens is 313 g/mol. The number of aromatic nitrogens is 4. The van der Waals surface area contributed by atoms with Gasteiger partial charge < -0.3 is 0 Å². The quantitative estimate of drug-likeness (QED) is 0.878. The Hall–Kier alpha value is -1.79. The number of hydrogen-bond acceptors (Lipinski definition) is 5. The van der Waals surface area contributed by atoms with E-state index in [1.54, 1.807) is 6.20 Å². The van der Waals surface area contributed by atoms with Crippen LogP contribution in [0.25, 0.3) is 0 Å². The fourth-order valence-corrected chi connectivity index (χ4v) is 2.49. The molecule has 0 saturated heterocycles. The Labute approximate surface area is 131 Å². The lowest BCUT2D eigenvalue weighted by atomic mass is 10.2. The van der Waals surface area contributed by atoms with Gasteiger partial charge in [0.05, 0.1) is 0 Å². The van der Waals surface area contributed by atoms with Gasteiger partial charge in [-0.3, -0.25) is 10.1 Å². The number of carbonyl (C=O) groups is 1. The molecule has 2 aromatic rings. The Kier molecular flexibility index (Phi) is 3.73. The van der Waals surface area contributed by atoms with Crippen LogP contribution in [0.5, 0.6) is 0 Å². The van der Waals surface area contributed by atoms with E-state index in [0.29, 0.717) is 12.2 Å². The number of halogens is 2. The van der Waals surface area contributed by atoms with Gasteiger partial charge in [0.2, 0.25) is 11.9 Å². The van der Waals surface area contributed by atoms with Crippen molar-refractivity contribution in [3.8, 4) is 0 Å². The Morgan fingerprint density at radius 2 is 2.00 bits per heavy atom. The summed E-state index contributed by atoms with van der Waals surface area (Å²) < 4.78 is 0. The van der Waals surface area contributed by atoms with Gasteiger partial charge in [-0.2, -0.15) is 0 Å². The van der Waals surface area contributed by atoms with Crippen LogP contribution in [0.15, 0.2) is 18.3 Å². The third-order valence-corrected chi connectivity index (χ3v) is 3.56. The van der Waals surface area contributed by atoms with Crippen molar-refractivity contribution < 1.29 is 4.79 Å². The highest BCUT2D eigenvalue weighted by Crippen LogP contribution is 2.46. The molecule has 1 amide bonds. The molecule has 0 unspecified atom stereocenters. The van der Waals surface area contributed by atoms with E-state index in [9.17, 15) is 4.79 Å². The number of carbonyl (C=O) groups excluding carboxylic acids is 1. The van der Waals surface area contributed by atoms with Crippen LogP contribution in [-0.4, -0.2) is 25.8 Å². The molecule has 108 valence electrons. The third-order valence-electron chi connectivity index (χ3n) is 3.17. The Morgan fingerprint density at radius 1 is 1.29 bits per heavy atom. The summed E-state index contributed by atoms with van der Waals surface area (Å²) >= 11 is 11.5. The summed E-state index contributed by atoms with van der Waals surface area (Å²) in [6.07, 6.45) is 2.41. The molecule has 8 heteroatoms. The highest BCUT2D eigenvalue weighted by molar-refractivity contribution is 6.33. The summed E-state index contributed by atoms with van der Waals surface area (Å²) in [5.41, 5.74) is 0.885. The van der Waals surface area contributed by atoms with Crippen LogP contribution in [0.2, 0.25) is 10.3 Å². The number of aryl methyl sites for hydroxylation is 1. The number of hydrogen-bond donors (Lipinski definition) is 1. The third kappa shape index (κ3) is 3.28. The lowest BCUT2D eigenvalue weighted by Crippen LogP contribution is -2.17. The number of anilines is 1. The average molecular weight is 324 g/mol. The highest BCUT2D eigenvalue weighted by atomic mass is 35.5. The van der Waals surface area contributed by atoms with E-state index in [1.807, 2.05) is 13.0 Å². The van der Waals surface area contributed by atoms with Crippen LogP contribution >= 0.6 is 23.2 Å². The molecule has 2 heterocycles. The largest absolute Gasteiger partial charge is 0.294 e. The van der Waals surface area contributed by atoms with Crippen molar-refractivity contribution in [2.24, 2.45) is 5.92 Å². The molecule has 6 nitrogen and oxygen atoms in total. The molecule has 1 fully saturated rings. The molecule has 0 radical (unpaired) electrons. The molecule has 0 spiro atoms. The fraction of sp³-hybridized carbons (Fsp3) is 0.308. The first kappa shape index (κ1) is 14.2. The molecule has 3 rings (SSSR count). The van der Waals surface area contributed by atoms with Gasteiger partial charge in [-0.25, -0.2) is 19.9 Å². The van der Waals surface area contributed by atoms with Gasteiger partial charge in [-0.05, 0) is 19.4 Å². The predicted molar refractivity (Wildman–Crippen MR) is 78.3 cm³/mol. The number of amides is 1. The van der Waals surface area contributed by atoms with Crippen LogP contribution in [-0.2, 0) is 4.79 Å². The molecule has 2 aromatic heterocycles. The van der Waals surface area contributed by atoms with E-state index >= 15 is 0 Å². The topological polar surface area (TPSA) is 80.7 Å². The minimum atomic E-state index is -0.177. The van der Waals surface area contributed by atoms with Gasteiger partial charge in [0, 0.05) is 29.8 Å². The monoisotopic (exact) mass is 323 g/mol. The van der Waals surface area contributed by atoms with Crippen molar-refractivity contribution in [3.63, 3.8) is 0 Å². The van der Waals surface area contributed by atoms with Gasteiger partial charge in [0.1, 0.15) is 16.1 Å². The lowest BCUT2D eigenvalue weighted by Gasteiger charge is -2.04. The van der Waals surface area contributed by atoms with Gasteiger partial charge in [0.25, 0.3) is 0 Å². The second kappa shape index (κ2) is 5.54. The summed E-state index contributed by atoms with van der Waals surface area (Å²) in [5, 5.41) is 2.97. The summed E-state index contributed by atoms with van der Waals surface area (Å²) in [6, 6.07) is 3.22. The second-order valence-corrected chi connectivity index (χ2v) is 5.61. The second-order valence-electron chi connectivity index (χ2n) is 4.83. The van der Waals surface area contributed by atoms with Gasteiger partial charge in [-0.15, -0.1) is 0 Å². The van der Waals surface area contributed by atoms with E-state index in [4.69, 9.17) is 23.2 Å². The van der Waals surface area contributed by atoms with Crippen LogP contribution in [0.4, 0.5) is 5.95 Å². The van der Waals surface area contributed by atoms with Crippen LogP contribution in [0, 0.1) is 12.8 Å². The zero-order chi connectivity index (χ0) is 15.0. The van der Waals surface area contributed by atoms with Gasteiger partial charge >= 0.3 is 0 Å². The molecular formula is C13H11Cl2N5O. The molecule has 1 N–H and O–H groups in total. The van der Waals surface area contributed by atoms with E-state index in [1.165, 1.54) is 6.07 Å². The highest BCUT2D eigenvalue weighted by Gasteiger charge is 2.46. The first-order chi connectivity index (χ1) is 10.0. The maximum atomic E-state index is 12.1. The minimum absolute atomic E-state index is 0.0413. The predicted octanol–water partition coefficient (Wildman–Crippen LogP) is 2.62. The standard InChI is InChI=1S/C13H11Cl2N5O/c1-6-2-3-16-11(17-6)7-4-8(7)12(21)20-13-18-9(14)5-10(15)19-13/h2-3,5,7-8H,4H2,1H3,(H,18,19,20,21)/t7-,8-/m0/s1. The summed E-state index contributed by atoms with van der Waals surface area (Å²) in [4.78, 5) is 28.5. The zero-order valence-electron chi connectivity index (χ0n) is 11.0. The maximum absolute atomic E-state index is 12.1. The van der Waals surface area contributed by atoms with Crippen LogP contribution in [0.3, 0.4) is 0 Å². The molecule has 1 saturated carbocycles. The summed E-state index contributed by atoms with van der Waals surface area (Å²) in [6.45, 7) is 1.89. The molecule has 0 aromatic carbocycles. The lowest BCUT2D eigenvalue weighted by molar-refractivity contribution is -0.117. The SMILES string of the molecule is Cc1ccnc([C@H]2C[C@@H]2C(=O)Nc2nc(Cl)cc(Cl)n2)n1. The van der Waals surface area contributed by atoms with E-state index in [2.05, 4.69) is 25.3 Å². The normalized spacial score (nSPS) is 20.1. The smallest absolute Gasteiger partial charge is 0.232 e. The molecule has 1 aliphatic carbocycles. The molecule has 0 aliphatic heterocycles. The van der Waals surface area contributed by atoms with E-state index < -0.39 is 0 Å². The zero-order valence-corrected chi connectivity index (χ0v) is 12.6. The van der Waals surface area contributed by atoms with Crippen molar-refractivity contribution in [2.45, 2.75) is 19.3 Å². The van der Waals surface area contributed by atoms with Crippen LogP contribution < -0.4 is 5.32 Å². The molecule has 2 atom stereocenters. The number of rotatable bonds is 3. The Balaban J connectivity index is 1.68. The fourth-order valence-electron chi connectivity index (χ4n) is 2.07. The molecule has 0 bridgehead atoms. The summed E-state index contributed by atoms with van der Waals surface area (Å²) in [5.74, 6) is 0.490. The van der Waals surface area contributed by atoms with Gasteiger partial charge in [-0.1, -0.05) is 23.2 Å². The summed E-state index contributed by atoms with van der Waals surface area (Å²) in [7, 11) is 0. The van der Waals surface area contributed by atoms with E-state index in [-0.39, 0.29) is 34.0 Å². The van der Waals surface area contributed by atoms with E-state index in [0.717, 1.165) is 5.69 Å². The Bertz CT molecular complexity index is 688. The maximum Gasteiger partial charge on any atom is 0.232 e. The van der Waals surface area contributed by atoms with Crippen molar-refractivity contribution in [3.05, 3.63) is 40.2 Å². The van der Waals surface area contributed by atoms with Crippen molar-refractivity contribution in [2.75, 3.05) is 5.32 Å². The van der Waals surface area contributed by atoms with Crippen molar-refractivity contribution in [1.29, 1.82) is 0 Å². The molecule has 1 aliphatic rings. The van der Waals surface area contributed by atoms with Gasteiger partial charge in [0.15, 0.2) is 0 Å². The Morgan fingerprint density at radius 3 is 2.67 bits per heavy atom. The first-order valence-electron chi connectivity index (χ1n) is 6.33. The number of nitrogens with zero attached hydrogens (tertiary/aromatic N) is 4. The van der Waals surface area contributed by atoms with Crippen molar-refractivity contribution >= 4 is 35.1 Å². The minimum Gasteiger partial charge on any atom is -0.294 e. The van der Waals surface area contributed by atoms with Crippen LogP contribution in [0.1, 0.15) is 23.9 Å².